The summed E-state index contributed by atoms with van der Waals surface area (Å²) in [5, 5.41) is 0. The van der Waals surface area contributed by atoms with E-state index in [9.17, 15) is 0 Å². The van der Waals surface area contributed by atoms with Crippen LogP contribution in [0.5, 0.6) is 0 Å². The van der Waals surface area contributed by atoms with Crippen LogP contribution in [0.1, 0.15) is 58.8 Å². The molecule has 1 nitrogen and oxygen atoms in total. The molecule has 0 N–H and O–H groups in total. The second-order valence-corrected chi connectivity index (χ2v) is 6.38. The highest BCUT2D eigenvalue weighted by molar-refractivity contribution is 7.80. The molecule has 0 aromatic heterocycles. The zero-order valence-corrected chi connectivity index (χ0v) is 12.9. The molecule has 0 heterocycles. The third-order valence-corrected chi connectivity index (χ3v) is 5.41. The quantitative estimate of drug-likeness (QED) is 0.668. The average Bonchev–Trinajstić information content (AvgIpc) is 2.37. The Morgan fingerprint density at radius 2 is 1.71 bits per heavy atom. The molecule has 1 aliphatic carbocycles. The standard InChI is InChI=1S/C15H31NS/c1-4-15(5-2,13-17)12-16(3)11-14-9-7-6-8-10-14/h14,17H,4-13H2,1-3H3. The van der Waals surface area contributed by atoms with Crippen molar-refractivity contribution in [1.29, 1.82) is 0 Å². The van der Waals surface area contributed by atoms with Crippen LogP contribution in [-0.2, 0) is 0 Å². The van der Waals surface area contributed by atoms with Gasteiger partial charge in [0.25, 0.3) is 0 Å². The Kier molecular flexibility index (Phi) is 6.94. The Labute approximate surface area is 114 Å². The van der Waals surface area contributed by atoms with Crippen LogP contribution in [0.4, 0.5) is 0 Å². The van der Waals surface area contributed by atoms with Crippen molar-refractivity contribution in [3.05, 3.63) is 0 Å². The lowest BCUT2D eigenvalue weighted by atomic mass is 9.83. The van der Waals surface area contributed by atoms with Gasteiger partial charge >= 0.3 is 0 Å². The first-order chi connectivity index (χ1) is 8.15. The predicted octanol–water partition coefficient (Wildman–Crippen LogP) is 4.23. The summed E-state index contributed by atoms with van der Waals surface area (Å²) < 4.78 is 0. The summed E-state index contributed by atoms with van der Waals surface area (Å²) >= 11 is 4.58. The summed E-state index contributed by atoms with van der Waals surface area (Å²) in [6.07, 6.45) is 9.79. The second-order valence-electron chi connectivity index (χ2n) is 6.07. The second kappa shape index (κ2) is 7.68. The molecule has 0 aromatic carbocycles. The number of hydrogen-bond acceptors (Lipinski definition) is 2. The van der Waals surface area contributed by atoms with Crippen LogP contribution in [-0.4, -0.2) is 30.8 Å². The summed E-state index contributed by atoms with van der Waals surface area (Å²) in [7, 11) is 2.30. The minimum atomic E-state index is 0.437. The first-order valence-electron chi connectivity index (χ1n) is 7.45. The zero-order chi connectivity index (χ0) is 12.7. The fourth-order valence-electron chi connectivity index (χ4n) is 3.19. The molecule has 0 saturated heterocycles. The van der Waals surface area contributed by atoms with E-state index in [0.717, 1.165) is 11.7 Å². The lowest BCUT2D eigenvalue weighted by molar-refractivity contribution is 0.153. The van der Waals surface area contributed by atoms with Crippen LogP contribution in [0.15, 0.2) is 0 Å². The molecule has 0 aromatic rings. The molecule has 0 amide bonds. The van der Waals surface area contributed by atoms with Crippen molar-refractivity contribution in [2.45, 2.75) is 58.8 Å². The Morgan fingerprint density at radius 1 is 1.12 bits per heavy atom. The summed E-state index contributed by atoms with van der Waals surface area (Å²) in [6, 6.07) is 0. The van der Waals surface area contributed by atoms with E-state index in [4.69, 9.17) is 0 Å². The van der Waals surface area contributed by atoms with Crippen molar-refractivity contribution in [3.63, 3.8) is 0 Å². The molecular weight excluding hydrogens is 226 g/mol. The number of rotatable bonds is 7. The number of hydrogen-bond donors (Lipinski definition) is 1. The topological polar surface area (TPSA) is 3.24 Å². The smallest absolute Gasteiger partial charge is 0.00427 e. The molecule has 1 rings (SSSR count). The highest BCUT2D eigenvalue weighted by Crippen LogP contribution is 2.30. The van der Waals surface area contributed by atoms with Gasteiger partial charge in [0.05, 0.1) is 0 Å². The fourth-order valence-corrected chi connectivity index (χ4v) is 3.74. The van der Waals surface area contributed by atoms with Gasteiger partial charge in [-0.15, -0.1) is 0 Å². The van der Waals surface area contributed by atoms with Crippen molar-refractivity contribution < 1.29 is 0 Å². The van der Waals surface area contributed by atoms with Crippen LogP contribution >= 0.6 is 12.6 Å². The van der Waals surface area contributed by atoms with Crippen molar-refractivity contribution in [3.8, 4) is 0 Å². The molecule has 1 saturated carbocycles. The average molecular weight is 257 g/mol. The molecule has 0 bridgehead atoms. The van der Waals surface area contributed by atoms with Crippen molar-refractivity contribution in [2.24, 2.45) is 11.3 Å². The van der Waals surface area contributed by atoms with Crippen molar-refractivity contribution in [2.75, 3.05) is 25.9 Å². The summed E-state index contributed by atoms with van der Waals surface area (Å²) in [6.45, 7) is 7.15. The lowest BCUT2D eigenvalue weighted by Gasteiger charge is -2.36. The van der Waals surface area contributed by atoms with E-state index in [0.29, 0.717) is 5.41 Å². The van der Waals surface area contributed by atoms with E-state index in [2.05, 4.69) is 38.4 Å². The molecule has 1 fully saturated rings. The van der Waals surface area contributed by atoms with Gasteiger partial charge in [-0.2, -0.15) is 12.6 Å². The van der Waals surface area contributed by atoms with Crippen LogP contribution < -0.4 is 0 Å². The zero-order valence-electron chi connectivity index (χ0n) is 12.0. The van der Waals surface area contributed by atoms with E-state index in [1.807, 2.05) is 0 Å². The maximum atomic E-state index is 4.58. The van der Waals surface area contributed by atoms with Crippen molar-refractivity contribution in [1.82, 2.24) is 4.90 Å². The Bertz CT molecular complexity index is 187. The van der Waals surface area contributed by atoms with Gasteiger partial charge < -0.3 is 4.90 Å². The number of thiol groups is 1. The highest BCUT2D eigenvalue weighted by Gasteiger charge is 2.27. The maximum absolute atomic E-state index is 4.58. The van der Waals surface area contributed by atoms with E-state index in [-0.39, 0.29) is 0 Å². The minimum Gasteiger partial charge on any atom is -0.306 e. The van der Waals surface area contributed by atoms with Gasteiger partial charge in [-0.3, -0.25) is 0 Å². The summed E-state index contributed by atoms with van der Waals surface area (Å²) in [5.74, 6) is 1.98. The summed E-state index contributed by atoms with van der Waals surface area (Å²) in [4.78, 5) is 2.57. The molecule has 2 heteroatoms. The van der Waals surface area contributed by atoms with E-state index in [1.165, 1.54) is 58.0 Å². The van der Waals surface area contributed by atoms with E-state index < -0.39 is 0 Å². The molecule has 0 atom stereocenters. The first kappa shape index (κ1) is 15.4. The third-order valence-electron chi connectivity index (χ3n) is 4.74. The first-order valence-corrected chi connectivity index (χ1v) is 8.08. The SMILES string of the molecule is CCC(CC)(CS)CN(C)CC1CCCCC1. The van der Waals surface area contributed by atoms with Gasteiger partial charge in [-0.1, -0.05) is 33.1 Å². The molecule has 0 radical (unpaired) electrons. The van der Waals surface area contributed by atoms with Crippen LogP contribution in [0.25, 0.3) is 0 Å². The molecule has 0 spiro atoms. The largest absolute Gasteiger partial charge is 0.306 e. The number of nitrogens with zero attached hydrogens (tertiary/aromatic N) is 1. The Morgan fingerprint density at radius 3 is 2.18 bits per heavy atom. The van der Waals surface area contributed by atoms with Crippen LogP contribution in [0, 0.1) is 11.3 Å². The molecule has 1 aliphatic rings. The Balaban J connectivity index is 2.38. The molecular formula is C15H31NS. The summed E-state index contributed by atoms with van der Waals surface area (Å²) in [5.41, 5.74) is 0.437. The van der Waals surface area contributed by atoms with E-state index in [1.54, 1.807) is 0 Å². The normalized spacial score (nSPS) is 18.9. The predicted molar refractivity (Wildman–Crippen MR) is 80.9 cm³/mol. The fraction of sp³-hybridized carbons (Fsp3) is 1.00. The van der Waals surface area contributed by atoms with Gasteiger partial charge in [0.2, 0.25) is 0 Å². The van der Waals surface area contributed by atoms with Gasteiger partial charge in [-0.05, 0) is 49.8 Å². The van der Waals surface area contributed by atoms with Crippen LogP contribution in [0.3, 0.4) is 0 Å². The lowest BCUT2D eigenvalue weighted by Crippen LogP contribution is -2.39. The third kappa shape index (κ3) is 4.82. The monoisotopic (exact) mass is 257 g/mol. The van der Waals surface area contributed by atoms with Gasteiger partial charge in [0.15, 0.2) is 0 Å². The molecule has 0 aliphatic heterocycles. The van der Waals surface area contributed by atoms with Gasteiger partial charge in [-0.25, -0.2) is 0 Å². The highest BCUT2D eigenvalue weighted by atomic mass is 32.1. The molecule has 102 valence electrons. The van der Waals surface area contributed by atoms with Crippen molar-refractivity contribution >= 4 is 12.6 Å². The molecule has 0 unspecified atom stereocenters. The minimum absolute atomic E-state index is 0.437. The van der Waals surface area contributed by atoms with Crippen LogP contribution in [0.2, 0.25) is 0 Å². The molecule has 17 heavy (non-hydrogen) atoms. The van der Waals surface area contributed by atoms with Gasteiger partial charge in [0.1, 0.15) is 0 Å². The van der Waals surface area contributed by atoms with E-state index >= 15 is 0 Å². The Hall–Kier alpha value is 0.310. The maximum Gasteiger partial charge on any atom is 0.00427 e. The van der Waals surface area contributed by atoms with Gasteiger partial charge in [0, 0.05) is 13.1 Å².